The van der Waals surface area contributed by atoms with Gasteiger partial charge < -0.3 is 95.4 Å². The molecule has 6 heterocycles. The van der Waals surface area contributed by atoms with Gasteiger partial charge in [-0.2, -0.15) is 24.9 Å². The summed E-state index contributed by atoms with van der Waals surface area (Å²) in [7, 11) is 1.41. The number of nitro groups is 1. The minimum absolute atomic E-state index is 0. The number of ketones is 5. The lowest BCUT2D eigenvalue weighted by Gasteiger charge is -2.18. The van der Waals surface area contributed by atoms with Crippen LogP contribution in [0.1, 0.15) is 198 Å². The molecule has 38 nitrogen and oxygen atoms in total. The first kappa shape index (κ1) is 109. The Balaban J connectivity index is 0.000000322. The van der Waals surface area contributed by atoms with Gasteiger partial charge in [0, 0.05) is 135 Å². The van der Waals surface area contributed by atoms with Crippen molar-refractivity contribution >= 4 is 93.0 Å². The van der Waals surface area contributed by atoms with Crippen LogP contribution in [0.2, 0.25) is 0 Å². The predicted molar refractivity (Wildman–Crippen MR) is 522 cm³/mol. The summed E-state index contributed by atoms with van der Waals surface area (Å²) in [6.07, 6.45) is 15.4. The Labute approximate surface area is 808 Å². The third-order valence-electron chi connectivity index (χ3n) is 21.7. The van der Waals surface area contributed by atoms with Crippen molar-refractivity contribution in [3.05, 3.63) is 212 Å². The third-order valence-corrected chi connectivity index (χ3v) is 21.7. The van der Waals surface area contributed by atoms with E-state index >= 15 is 0 Å². The summed E-state index contributed by atoms with van der Waals surface area (Å²) in [6, 6.07) is 40.4. The van der Waals surface area contributed by atoms with Crippen molar-refractivity contribution in [3.63, 3.8) is 0 Å². The predicted octanol–water partition coefficient (Wildman–Crippen LogP) is 13.7. The maximum Gasteiger partial charge on any atom is 0.318 e. The highest BCUT2D eigenvalue weighted by atomic mass is 16.6. The van der Waals surface area contributed by atoms with Crippen LogP contribution >= 0.6 is 0 Å². The van der Waals surface area contributed by atoms with Crippen LogP contribution in [0.15, 0.2) is 151 Å². The Morgan fingerprint density at radius 2 is 0.878 bits per heavy atom. The summed E-state index contributed by atoms with van der Waals surface area (Å²) >= 11 is 0. The van der Waals surface area contributed by atoms with Crippen LogP contribution < -0.4 is 62.0 Å². The zero-order valence-corrected chi connectivity index (χ0v) is 78.4. The number of amides is 2. The summed E-state index contributed by atoms with van der Waals surface area (Å²) in [5.41, 5.74) is 33.1. The van der Waals surface area contributed by atoms with E-state index in [1.165, 1.54) is 25.6 Å². The van der Waals surface area contributed by atoms with E-state index in [-0.39, 0.29) is 128 Å². The van der Waals surface area contributed by atoms with E-state index in [1.807, 2.05) is 97.1 Å². The molecule has 5 aromatic heterocycles. The minimum atomic E-state index is -0.761. The normalized spacial score (nSPS) is 11.5. The van der Waals surface area contributed by atoms with Gasteiger partial charge in [-0.15, -0.1) is 0 Å². The van der Waals surface area contributed by atoms with Gasteiger partial charge in [-0.25, -0.2) is 15.0 Å². The molecular weight excluding hydrogens is 1790 g/mol. The highest BCUT2D eigenvalue weighted by Gasteiger charge is 2.26. The average Bonchev–Trinajstić information content (AvgIpc) is 1.79. The highest BCUT2D eigenvalue weighted by Crippen LogP contribution is 2.39. The minimum Gasteiger partial charge on any atom is -0.493 e. The van der Waals surface area contributed by atoms with E-state index in [2.05, 4.69) is 60.5 Å². The number of hydrogen-bond acceptors (Lipinski definition) is 34. The number of ether oxygens (including phenoxy) is 12. The Morgan fingerprint density at radius 3 is 1.39 bits per heavy atom. The molecule has 0 saturated carbocycles. The smallest absolute Gasteiger partial charge is 0.318 e. The second kappa shape index (κ2) is 61.3. The van der Waals surface area contributed by atoms with Crippen molar-refractivity contribution in [3.8, 4) is 35.1 Å². The summed E-state index contributed by atoms with van der Waals surface area (Å²) < 4.78 is 67.7. The molecule has 744 valence electrons. The topological polar surface area (TPSA) is 533 Å². The Morgan fingerprint density at radius 1 is 0.439 bits per heavy atom. The number of rotatable bonds is 68. The molecule has 11 N–H and O–H groups in total. The molecule has 1 aliphatic rings. The Kier molecular flexibility index (Phi) is 48.0. The number of aryl methyl sites for hydroxylation is 3. The average molecular weight is 1920 g/mol. The maximum absolute atomic E-state index is 12.9. The second-order valence-electron chi connectivity index (χ2n) is 32.6. The third kappa shape index (κ3) is 41.5. The largest absolute Gasteiger partial charge is 0.493 e. The van der Waals surface area contributed by atoms with Crippen LogP contribution in [0.4, 0.5) is 34.9 Å². The fourth-order valence-electron chi connectivity index (χ4n) is 14.1. The van der Waals surface area contributed by atoms with Gasteiger partial charge >= 0.3 is 6.01 Å². The number of nitrogens with zero attached hydrogens (tertiary/aromatic N) is 10. The monoisotopic (exact) mass is 1920 g/mol. The zero-order chi connectivity index (χ0) is 97.7. The molecule has 2 amide bonds. The van der Waals surface area contributed by atoms with Crippen molar-refractivity contribution in [2.45, 2.75) is 201 Å². The van der Waals surface area contributed by atoms with Crippen LogP contribution in [0.25, 0.3) is 11.2 Å². The number of anilines is 4. The number of aromatic amines is 1. The van der Waals surface area contributed by atoms with E-state index in [9.17, 15) is 43.7 Å². The van der Waals surface area contributed by atoms with Crippen LogP contribution in [0, 0.1) is 10.1 Å². The molecule has 1 unspecified atom stereocenters. The van der Waals surface area contributed by atoms with Crippen molar-refractivity contribution in [2.75, 3.05) is 116 Å². The molecule has 0 saturated heterocycles. The molecular formula is C101H129N17O21. The number of benzene rings is 5. The SMILES string of the molecule is C.COc1cc(C(C)NC(=O)CCCC(=O)NCc2ccc(COc3nc(N)nc4c3N=CC4)cc2)c([N+](=O)[O-])cc1OCCCC(=O)CCCOCCOCCOCCCC(=O)CCc1ccc(COc2cccc(N)n2)cc1.Nc1ccnc(OCc2ccc(CCC(=O)CCCOCCOCCOCCCC(=O)CCCC(=O)CCc3ccc(COc4nc(N)nc5nc[nH]c45)cc3)cc2)n1. The molecule has 0 fully saturated rings. The number of nitrogens with one attached hydrogen (secondary N) is 3. The molecule has 0 radical (unpaired) electrons. The quantitative estimate of drug-likeness (QED) is 0.0106. The second-order valence-corrected chi connectivity index (χ2v) is 32.6. The van der Waals surface area contributed by atoms with E-state index in [0.29, 0.717) is 274 Å². The first-order valence-corrected chi connectivity index (χ1v) is 46.5. The number of carbonyl (C=O) groups is 7. The van der Waals surface area contributed by atoms with E-state index in [1.54, 1.807) is 43.6 Å². The molecule has 139 heavy (non-hydrogen) atoms. The Hall–Kier alpha value is -13.9. The number of nitrogen functional groups attached to an aromatic ring is 4. The molecule has 1 atom stereocenters. The van der Waals surface area contributed by atoms with Gasteiger partial charge in [0.2, 0.25) is 41.4 Å². The number of carbonyl (C=O) groups excluding carboxylic acids is 7. The number of H-pyrrole nitrogens is 1. The number of pyridine rings is 1. The highest BCUT2D eigenvalue weighted by molar-refractivity contribution is 5.83. The molecule has 10 aromatic rings. The molecule has 0 bridgehead atoms. The molecule has 38 heteroatoms. The number of aromatic nitrogens is 9. The van der Waals surface area contributed by atoms with Gasteiger partial charge in [-0.05, 0) is 134 Å². The number of imidazole rings is 1. The van der Waals surface area contributed by atoms with Crippen LogP contribution in [0.3, 0.4) is 0 Å². The Bertz CT molecular complexity index is 5520. The molecule has 1 aliphatic heterocycles. The number of fused-ring (bicyclic) bond motifs is 2. The number of methoxy groups -OCH3 is 1. The lowest BCUT2D eigenvalue weighted by molar-refractivity contribution is -0.385. The van der Waals surface area contributed by atoms with Crippen LogP contribution in [-0.4, -0.2) is 190 Å². The molecule has 0 aliphatic carbocycles. The summed E-state index contributed by atoms with van der Waals surface area (Å²) in [5, 5.41) is 17.8. The number of Topliss-reactive ketones (excluding diaryl/α,β-unsaturated/α-hetero) is 5. The first-order valence-electron chi connectivity index (χ1n) is 46.5. The van der Waals surface area contributed by atoms with Gasteiger partial charge in [0.25, 0.3) is 5.69 Å². The molecule has 11 rings (SSSR count). The summed E-state index contributed by atoms with van der Waals surface area (Å²) in [6.45, 7) is 8.52. The summed E-state index contributed by atoms with van der Waals surface area (Å²) in [5.74, 6) is 2.64. The van der Waals surface area contributed by atoms with Crippen molar-refractivity contribution < 1.29 is 95.3 Å². The van der Waals surface area contributed by atoms with E-state index in [4.69, 9.17) is 79.8 Å². The fourth-order valence-corrected chi connectivity index (χ4v) is 14.1. The van der Waals surface area contributed by atoms with Crippen LogP contribution in [0.5, 0.6) is 35.1 Å². The standard InChI is InChI=1S/C57H71N9O13.C43H54N8O8.CH4/c1-39(62-53(70)13-4-12-52(69)61-36-41-17-21-43(22-18-41)38-79-56-55-47(25-26-60-55)63-57(59)65-56)46-34-49(73-2)50(35-48(46)66(71)72)77-29-7-10-44(67)8-5-27-74-30-32-76-33-31-75-28-6-9-45(68)24-23-40-15-19-42(20-16-40)37-78-54-14-3-11-51(58)64-54;44-38-20-21-46-43(49-38)59-29-34-14-10-32(11-15-34)17-19-37(54)7-3-23-56-25-27-57-26-24-55-22-2-6-35(52)4-1-5-36(53)18-16-31-8-12-33(13-9-31)28-58-41-39-40(48-30-47-39)50-42(45)51-41;/h3,11,14-22,26,34-35,39H,4-10,12-13,23-25,27-33,36-38H2,1-2H3,(H2,58,64)(H,61,69)(H,62,70)(H2,59,63,65);8-15,20-21,30H,1-7,16-19,22-29H2,(H2,44,46,49)(H3,45,47,48,50,51);1H4. The van der Waals surface area contributed by atoms with Crippen molar-refractivity contribution in [1.29, 1.82) is 0 Å². The van der Waals surface area contributed by atoms with Gasteiger partial charge in [-0.3, -0.25) is 48.7 Å². The lowest BCUT2D eigenvalue weighted by Crippen LogP contribution is -2.28. The number of hydrogen-bond donors (Lipinski definition) is 7. The van der Waals surface area contributed by atoms with Crippen molar-refractivity contribution in [1.82, 2.24) is 55.5 Å². The lowest BCUT2D eigenvalue weighted by atomic mass is 10.0. The van der Waals surface area contributed by atoms with Crippen LogP contribution in [-0.2, 0) is 121 Å². The van der Waals surface area contributed by atoms with E-state index in [0.717, 1.165) is 50.2 Å². The molecule has 5 aromatic carbocycles. The zero-order valence-electron chi connectivity index (χ0n) is 78.4. The number of nitro benzene ring substituents is 1. The van der Waals surface area contributed by atoms with Gasteiger partial charge in [0.15, 0.2) is 17.1 Å². The molecule has 0 spiro atoms. The first-order chi connectivity index (χ1) is 67.1. The van der Waals surface area contributed by atoms with Gasteiger partial charge in [0.1, 0.15) is 78.2 Å². The van der Waals surface area contributed by atoms with Gasteiger partial charge in [0.05, 0.1) is 101 Å². The van der Waals surface area contributed by atoms with E-state index < -0.39 is 11.0 Å². The summed E-state index contributed by atoms with van der Waals surface area (Å²) in [4.78, 5) is 139. The maximum atomic E-state index is 12.9. The van der Waals surface area contributed by atoms with Gasteiger partial charge in [-0.1, -0.05) is 111 Å². The van der Waals surface area contributed by atoms with Crippen molar-refractivity contribution in [2.24, 2.45) is 4.99 Å². The number of aliphatic imine (C=N–C) groups is 1. The fraction of sp³-hybridized carbons (Fsp3) is 0.446. The number of nitrogens with two attached hydrogens (primary N) is 4.